The van der Waals surface area contributed by atoms with Crippen LogP contribution in [0.3, 0.4) is 0 Å². The van der Waals surface area contributed by atoms with Gasteiger partial charge in [0, 0.05) is 6.04 Å². The lowest BCUT2D eigenvalue weighted by molar-refractivity contribution is -0.200. The molecule has 0 spiro atoms. The molecule has 0 radical (unpaired) electrons. The molecule has 2 aliphatic rings. The van der Waals surface area contributed by atoms with Gasteiger partial charge in [-0.2, -0.15) is 13.2 Å². The van der Waals surface area contributed by atoms with Crippen LogP contribution >= 0.6 is 11.3 Å². The summed E-state index contributed by atoms with van der Waals surface area (Å²) in [6.07, 6.45) is -2.76. The maximum Gasteiger partial charge on any atom is 0.440 e. The molecule has 2 N–H and O–H groups in total. The molecule has 1 saturated heterocycles. The predicted molar refractivity (Wildman–Crippen MR) is 78.2 cm³/mol. The van der Waals surface area contributed by atoms with E-state index in [1.165, 1.54) is 17.5 Å². The Morgan fingerprint density at radius 1 is 1.33 bits per heavy atom. The topological polar surface area (TPSA) is 78.5 Å². The Kier molecular flexibility index (Phi) is 4.02. The molecule has 1 atom stereocenters. The number of thiophene rings is 1. The Hall–Kier alpha value is -2.10. The summed E-state index contributed by atoms with van der Waals surface area (Å²) in [6.45, 7) is 0. The second-order valence-electron chi connectivity index (χ2n) is 5.72. The van der Waals surface area contributed by atoms with Crippen LogP contribution in [0.5, 0.6) is 0 Å². The zero-order chi connectivity index (χ0) is 17.5. The number of hydrogen-bond acceptors (Lipinski definition) is 4. The Morgan fingerprint density at radius 2 is 2.00 bits per heavy atom. The maximum absolute atomic E-state index is 13.6. The van der Waals surface area contributed by atoms with E-state index in [4.69, 9.17) is 0 Å². The largest absolute Gasteiger partial charge is 0.440 e. The summed E-state index contributed by atoms with van der Waals surface area (Å²) in [7, 11) is 0. The number of alkyl halides is 3. The van der Waals surface area contributed by atoms with Crippen molar-refractivity contribution >= 4 is 29.2 Å². The van der Waals surface area contributed by atoms with Gasteiger partial charge in [0.15, 0.2) is 0 Å². The first-order chi connectivity index (χ1) is 11.3. The summed E-state index contributed by atoms with van der Waals surface area (Å²) in [5.41, 5.74) is -3.42. The highest BCUT2D eigenvalue weighted by Crippen LogP contribution is 2.37. The van der Waals surface area contributed by atoms with Crippen molar-refractivity contribution in [3.63, 3.8) is 0 Å². The van der Waals surface area contributed by atoms with Crippen LogP contribution < -0.4 is 10.6 Å². The van der Waals surface area contributed by atoms with E-state index in [9.17, 15) is 27.6 Å². The number of amides is 4. The first kappa shape index (κ1) is 16.7. The lowest BCUT2D eigenvalue weighted by Gasteiger charge is -2.30. The number of rotatable bonds is 3. The van der Waals surface area contributed by atoms with Crippen molar-refractivity contribution < 1.29 is 27.6 Å². The van der Waals surface area contributed by atoms with Crippen molar-refractivity contribution in [1.29, 1.82) is 0 Å². The van der Waals surface area contributed by atoms with Crippen LogP contribution in [-0.2, 0) is 4.79 Å². The molecule has 24 heavy (non-hydrogen) atoms. The zero-order valence-electron chi connectivity index (χ0n) is 12.4. The monoisotopic (exact) mass is 361 g/mol. The lowest BCUT2D eigenvalue weighted by Crippen LogP contribution is -2.69. The smallest absolute Gasteiger partial charge is 0.313 e. The van der Waals surface area contributed by atoms with Crippen LogP contribution in [0.1, 0.15) is 35.4 Å². The fourth-order valence-electron chi connectivity index (χ4n) is 3.03. The van der Waals surface area contributed by atoms with E-state index in [2.05, 4.69) is 0 Å². The molecule has 10 heteroatoms. The molecular weight excluding hydrogens is 347 g/mol. The number of imide groups is 1. The van der Waals surface area contributed by atoms with Gasteiger partial charge < -0.3 is 5.32 Å². The SMILES string of the molecule is O=C(N[C@]1(C(F)(F)F)NC(=O)N(C2CCCC2)C1=O)c1cccs1. The van der Waals surface area contributed by atoms with Gasteiger partial charge in [0.05, 0.1) is 4.88 Å². The van der Waals surface area contributed by atoms with E-state index < -0.39 is 35.7 Å². The minimum Gasteiger partial charge on any atom is -0.313 e. The lowest BCUT2D eigenvalue weighted by atomic mass is 10.1. The molecular formula is C14H14F3N3O3S. The highest BCUT2D eigenvalue weighted by Gasteiger charge is 2.69. The fourth-order valence-corrected chi connectivity index (χ4v) is 3.65. The quantitative estimate of drug-likeness (QED) is 0.811. The normalized spacial score (nSPS) is 25.2. The minimum absolute atomic E-state index is 0.0139. The third kappa shape index (κ3) is 2.54. The van der Waals surface area contributed by atoms with Crippen molar-refractivity contribution in [2.24, 2.45) is 0 Å². The third-order valence-corrected chi connectivity index (χ3v) is 5.08. The molecule has 6 nitrogen and oxygen atoms in total. The van der Waals surface area contributed by atoms with Gasteiger partial charge in [0.1, 0.15) is 0 Å². The van der Waals surface area contributed by atoms with Crippen LogP contribution in [0.2, 0.25) is 0 Å². The summed E-state index contributed by atoms with van der Waals surface area (Å²) in [6, 6.07) is 1.14. The molecule has 0 unspecified atom stereocenters. The van der Waals surface area contributed by atoms with Crippen LogP contribution in [0.25, 0.3) is 0 Å². The van der Waals surface area contributed by atoms with E-state index >= 15 is 0 Å². The average molecular weight is 361 g/mol. The first-order valence-corrected chi connectivity index (χ1v) is 8.23. The highest BCUT2D eigenvalue weighted by atomic mass is 32.1. The summed E-state index contributed by atoms with van der Waals surface area (Å²) in [5, 5.41) is 4.88. The second kappa shape index (κ2) is 5.76. The fraction of sp³-hybridized carbons (Fsp3) is 0.500. The molecule has 1 aromatic rings. The Labute approximate surface area is 139 Å². The standard InChI is InChI=1S/C14H14F3N3O3S/c15-14(16,17)13(18-10(21)9-6-3-7-24-9)11(22)20(12(23)19-13)8-4-1-2-5-8/h3,6-8H,1-2,4-5H2,(H,18,21)(H,19,23)/t13-/m0/s1. The van der Waals surface area contributed by atoms with Crippen LogP contribution in [0.4, 0.5) is 18.0 Å². The Balaban J connectivity index is 1.93. The molecule has 130 valence electrons. The molecule has 0 bridgehead atoms. The molecule has 1 aromatic heterocycles. The van der Waals surface area contributed by atoms with Gasteiger partial charge in [-0.1, -0.05) is 18.9 Å². The van der Waals surface area contributed by atoms with E-state index in [0.29, 0.717) is 17.7 Å². The average Bonchev–Trinajstić information content (AvgIpc) is 3.20. The zero-order valence-corrected chi connectivity index (χ0v) is 13.2. The molecule has 2 heterocycles. The van der Waals surface area contributed by atoms with E-state index in [-0.39, 0.29) is 4.88 Å². The first-order valence-electron chi connectivity index (χ1n) is 7.35. The third-order valence-electron chi connectivity index (χ3n) is 4.21. The van der Waals surface area contributed by atoms with Crippen molar-refractivity contribution in [1.82, 2.24) is 15.5 Å². The number of halogens is 3. The van der Waals surface area contributed by atoms with Crippen LogP contribution in [0.15, 0.2) is 17.5 Å². The second-order valence-corrected chi connectivity index (χ2v) is 6.67. The van der Waals surface area contributed by atoms with Crippen LogP contribution in [0, 0.1) is 0 Å². The van der Waals surface area contributed by atoms with Gasteiger partial charge in [0.25, 0.3) is 17.5 Å². The van der Waals surface area contributed by atoms with Crippen molar-refractivity contribution in [2.45, 2.75) is 43.6 Å². The van der Waals surface area contributed by atoms with E-state index in [1.807, 2.05) is 0 Å². The number of nitrogens with zero attached hydrogens (tertiary/aromatic N) is 1. The number of carbonyl (C=O) groups excluding carboxylic acids is 3. The number of urea groups is 1. The summed E-state index contributed by atoms with van der Waals surface area (Å²) >= 11 is 0.935. The molecule has 1 aliphatic carbocycles. The van der Waals surface area contributed by atoms with Crippen molar-refractivity contribution in [3.05, 3.63) is 22.4 Å². The maximum atomic E-state index is 13.6. The van der Waals surface area contributed by atoms with Gasteiger partial charge in [0.2, 0.25) is 0 Å². The van der Waals surface area contributed by atoms with Gasteiger partial charge in [-0.05, 0) is 24.3 Å². The Bertz CT molecular complexity index is 671. The summed E-state index contributed by atoms with van der Waals surface area (Å²) in [4.78, 5) is 37.2. The van der Waals surface area contributed by atoms with E-state index in [1.54, 1.807) is 10.6 Å². The number of nitrogens with one attached hydrogen (secondary N) is 2. The molecule has 0 aromatic carbocycles. The number of carbonyl (C=O) groups is 3. The predicted octanol–water partition coefficient (Wildman–Crippen LogP) is 2.23. The molecule has 2 fully saturated rings. The molecule has 4 amide bonds. The van der Waals surface area contributed by atoms with Gasteiger partial charge >= 0.3 is 12.2 Å². The van der Waals surface area contributed by atoms with E-state index in [0.717, 1.165) is 24.2 Å². The highest BCUT2D eigenvalue weighted by molar-refractivity contribution is 7.12. The van der Waals surface area contributed by atoms with Crippen molar-refractivity contribution in [2.75, 3.05) is 0 Å². The molecule has 1 saturated carbocycles. The van der Waals surface area contributed by atoms with Gasteiger partial charge in [-0.25, -0.2) is 4.79 Å². The number of hydrogen-bond donors (Lipinski definition) is 2. The molecule has 3 rings (SSSR count). The minimum atomic E-state index is -5.17. The van der Waals surface area contributed by atoms with Gasteiger partial charge in [-0.3, -0.25) is 19.8 Å². The van der Waals surface area contributed by atoms with Gasteiger partial charge in [-0.15, -0.1) is 11.3 Å². The molecule has 1 aliphatic heterocycles. The van der Waals surface area contributed by atoms with Crippen molar-refractivity contribution in [3.8, 4) is 0 Å². The summed E-state index contributed by atoms with van der Waals surface area (Å²) < 4.78 is 40.9. The Morgan fingerprint density at radius 3 is 2.54 bits per heavy atom. The van der Waals surface area contributed by atoms with Crippen LogP contribution in [-0.4, -0.2) is 40.6 Å². The summed E-state index contributed by atoms with van der Waals surface area (Å²) in [5.74, 6) is -2.54.